The zero-order chi connectivity index (χ0) is 12.4. The quantitative estimate of drug-likeness (QED) is 0.497. The fourth-order valence-corrected chi connectivity index (χ4v) is 1.34. The smallest absolute Gasteiger partial charge is 0.417 e. The lowest BCUT2D eigenvalue weighted by molar-refractivity contribution is -0.168. The summed E-state index contributed by atoms with van der Waals surface area (Å²) in [6, 6.07) is 0. The number of hydrogen-bond acceptors (Lipinski definition) is 4. The zero-order valence-corrected chi connectivity index (χ0v) is 10.5. The number of carbonyl (C=O) groups is 2. The molecule has 0 saturated heterocycles. The molecule has 0 bridgehead atoms. The number of rotatable bonds is 7. The molecule has 0 amide bonds. The molecule has 0 aliphatic rings. The summed E-state index contributed by atoms with van der Waals surface area (Å²) in [6.07, 6.45) is 4.23. The van der Waals surface area contributed by atoms with Gasteiger partial charge in [0.25, 0.3) is 0 Å². The van der Waals surface area contributed by atoms with Crippen LogP contribution < -0.4 is 0 Å². The van der Waals surface area contributed by atoms with E-state index in [0.717, 1.165) is 25.7 Å². The van der Waals surface area contributed by atoms with Crippen molar-refractivity contribution >= 4 is 11.9 Å². The second kappa shape index (κ2) is 9.19. The molecule has 0 spiro atoms. The van der Waals surface area contributed by atoms with Gasteiger partial charge in [-0.25, -0.2) is 9.59 Å². The molecule has 0 N–H and O–H groups in total. The third-order valence-corrected chi connectivity index (χ3v) is 2.44. The third kappa shape index (κ3) is 6.43. The molecule has 0 aliphatic carbocycles. The van der Waals surface area contributed by atoms with Crippen molar-refractivity contribution in [2.45, 2.75) is 46.5 Å². The van der Waals surface area contributed by atoms with Gasteiger partial charge in [0.2, 0.25) is 0 Å². The molecule has 0 saturated carbocycles. The largest absolute Gasteiger partial charge is 0.458 e. The second-order valence-electron chi connectivity index (χ2n) is 3.74. The topological polar surface area (TPSA) is 52.6 Å². The van der Waals surface area contributed by atoms with Crippen molar-refractivity contribution in [2.75, 3.05) is 13.2 Å². The molecular formula is C12H22O4. The summed E-state index contributed by atoms with van der Waals surface area (Å²) < 4.78 is 9.43. The van der Waals surface area contributed by atoms with E-state index in [4.69, 9.17) is 4.74 Å². The lowest BCUT2D eigenvalue weighted by Gasteiger charge is -2.13. The summed E-state index contributed by atoms with van der Waals surface area (Å²) in [7, 11) is 0. The molecule has 0 aromatic heterocycles. The van der Waals surface area contributed by atoms with Crippen molar-refractivity contribution < 1.29 is 19.1 Å². The Morgan fingerprint density at radius 2 is 1.69 bits per heavy atom. The lowest BCUT2D eigenvalue weighted by Crippen LogP contribution is -2.23. The molecule has 1 unspecified atom stereocenters. The molecule has 0 aliphatic heterocycles. The number of unbranched alkanes of at least 4 members (excludes halogenated alkanes) is 1. The Balaban J connectivity index is 3.82. The van der Waals surface area contributed by atoms with Crippen LogP contribution in [0.2, 0.25) is 0 Å². The number of ether oxygens (including phenoxy) is 2. The van der Waals surface area contributed by atoms with E-state index in [1.54, 1.807) is 6.92 Å². The SMILES string of the molecule is CCCCC(CC)COC(=O)C(=O)OCC. The number of hydrogen-bond donors (Lipinski definition) is 0. The summed E-state index contributed by atoms with van der Waals surface area (Å²) in [5.41, 5.74) is 0. The van der Waals surface area contributed by atoms with Gasteiger partial charge in [-0.15, -0.1) is 0 Å². The van der Waals surface area contributed by atoms with Crippen molar-refractivity contribution in [1.29, 1.82) is 0 Å². The van der Waals surface area contributed by atoms with Crippen LogP contribution in [0.5, 0.6) is 0 Å². The molecule has 0 aromatic carbocycles. The number of carbonyl (C=O) groups excluding carboxylic acids is 2. The van der Waals surface area contributed by atoms with Crippen molar-refractivity contribution in [3.63, 3.8) is 0 Å². The summed E-state index contributed by atoms with van der Waals surface area (Å²) in [6.45, 7) is 6.34. The van der Waals surface area contributed by atoms with Crippen molar-refractivity contribution in [3.8, 4) is 0 Å². The molecule has 4 heteroatoms. The van der Waals surface area contributed by atoms with Crippen LogP contribution in [0.1, 0.15) is 46.5 Å². The van der Waals surface area contributed by atoms with E-state index in [0.29, 0.717) is 12.5 Å². The minimum Gasteiger partial charge on any atom is -0.458 e. The van der Waals surface area contributed by atoms with E-state index >= 15 is 0 Å². The minimum atomic E-state index is -0.896. The predicted octanol–water partition coefficient (Wildman–Crippen LogP) is 2.31. The van der Waals surface area contributed by atoms with Crippen LogP contribution in [0.3, 0.4) is 0 Å². The van der Waals surface area contributed by atoms with Gasteiger partial charge in [-0.3, -0.25) is 0 Å². The third-order valence-electron chi connectivity index (χ3n) is 2.44. The van der Waals surface area contributed by atoms with Gasteiger partial charge in [0.05, 0.1) is 13.2 Å². The second-order valence-corrected chi connectivity index (χ2v) is 3.74. The molecular weight excluding hydrogens is 208 g/mol. The van der Waals surface area contributed by atoms with Crippen LogP contribution in [0.4, 0.5) is 0 Å². The van der Waals surface area contributed by atoms with Gasteiger partial charge in [-0.2, -0.15) is 0 Å². The maximum atomic E-state index is 11.1. The first-order valence-electron chi connectivity index (χ1n) is 5.99. The van der Waals surface area contributed by atoms with Crippen molar-refractivity contribution in [3.05, 3.63) is 0 Å². The van der Waals surface area contributed by atoms with Crippen LogP contribution in [0.15, 0.2) is 0 Å². The summed E-state index contributed by atoms with van der Waals surface area (Å²) in [5, 5.41) is 0. The zero-order valence-electron chi connectivity index (χ0n) is 10.5. The fraction of sp³-hybridized carbons (Fsp3) is 0.833. The summed E-state index contributed by atoms with van der Waals surface area (Å²) in [5.74, 6) is -1.43. The maximum absolute atomic E-state index is 11.1. The Morgan fingerprint density at radius 1 is 1.06 bits per heavy atom. The highest BCUT2D eigenvalue weighted by molar-refractivity contribution is 6.29. The molecule has 0 aromatic rings. The van der Waals surface area contributed by atoms with E-state index < -0.39 is 11.9 Å². The maximum Gasteiger partial charge on any atom is 0.417 e. The van der Waals surface area contributed by atoms with Crippen LogP contribution >= 0.6 is 0 Å². The highest BCUT2D eigenvalue weighted by Gasteiger charge is 2.18. The molecule has 1 atom stereocenters. The molecule has 0 heterocycles. The molecule has 16 heavy (non-hydrogen) atoms. The monoisotopic (exact) mass is 230 g/mol. The first-order chi connectivity index (χ1) is 7.65. The Bertz CT molecular complexity index is 213. The van der Waals surface area contributed by atoms with E-state index in [1.807, 2.05) is 0 Å². The first-order valence-corrected chi connectivity index (χ1v) is 5.99. The standard InChI is InChI=1S/C12H22O4/c1-4-7-8-10(5-2)9-16-12(14)11(13)15-6-3/h10H,4-9H2,1-3H3. The van der Waals surface area contributed by atoms with Crippen LogP contribution in [-0.4, -0.2) is 25.2 Å². The van der Waals surface area contributed by atoms with Gasteiger partial charge in [0, 0.05) is 0 Å². The van der Waals surface area contributed by atoms with Crippen molar-refractivity contribution in [2.24, 2.45) is 5.92 Å². The lowest BCUT2D eigenvalue weighted by atomic mass is 10.0. The van der Waals surface area contributed by atoms with E-state index in [9.17, 15) is 9.59 Å². The normalized spacial score (nSPS) is 11.9. The molecule has 0 fully saturated rings. The van der Waals surface area contributed by atoms with Gasteiger partial charge < -0.3 is 9.47 Å². The van der Waals surface area contributed by atoms with Gasteiger partial charge in [0.15, 0.2) is 0 Å². The van der Waals surface area contributed by atoms with Gasteiger partial charge in [-0.1, -0.05) is 33.1 Å². The van der Waals surface area contributed by atoms with Gasteiger partial charge in [-0.05, 0) is 19.3 Å². The Morgan fingerprint density at radius 3 is 2.19 bits per heavy atom. The van der Waals surface area contributed by atoms with Crippen LogP contribution in [0.25, 0.3) is 0 Å². The minimum absolute atomic E-state index is 0.195. The average molecular weight is 230 g/mol. The van der Waals surface area contributed by atoms with Crippen LogP contribution in [0, 0.1) is 5.92 Å². The highest BCUT2D eigenvalue weighted by Crippen LogP contribution is 2.12. The van der Waals surface area contributed by atoms with E-state index in [2.05, 4.69) is 18.6 Å². The highest BCUT2D eigenvalue weighted by atomic mass is 16.6. The van der Waals surface area contributed by atoms with Crippen LogP contribution in [-0.2, 0) is 19.1 Å². The van der Waals surface area contributed by atoms with E-state index in [-0.39, 0.29) is 6.61 Å². The summed E-state index contributed by atoms with van der Waals surface area (Å²) >= 11 is 0. The first kappa shape index (κ1) is 14.9. The Kier molecular flexibility index (Phi) is 8.58. The van der Waals surface area contributed by atoms with Gasteiger partial charge >= 0.3 is 11.9 Å². The fourth-order valence-electron chi connectivity index (χ4n) is 1.34. The summed E-state index contributed by atoms with van der Waals surface area (Å²) in [4.78, 5) is 22.1. The molecule has 0 rings (SSSR count). The molecule has 0 radical (unpaired) electrons. The molecule has 94 valence electrons. The molecule has 4 nitrogen and oxygen atoms in total. The Labute approximate surface area is 97.3 Å². The number of esters is 2. The van der Waals surface area contributed by atoms with E-state index in [1.165, 1.54) is 0 Å². The average Bonchev–Trinajstić information content (AvgIpc) is 2.29. The van der Waals surface area contributed by atoms with Crippen molar-refractivity contribution in [1.82, 2.24) is 0 Å². The predicted molar refractivity (Wildman–Crippen MR) is 60.9 cm³/mol. The Hall–Kier alpha value is -1.06. The van der Waals surface area contributed by atoms with Gasteiger partial charge in [0.1, 0.15) is 0 Å².